The molecule has 19 heavy (non-hydrogen) atoms. The average Bonchev–Trinajstić information content (AvgIpc) is 2.46. The summed E-state index contributed by atoms with van der Waals surface area (Å²) in [7, 11) is 0. The molecule has 0 aromatic carbocycles. The van der Waals surface area contributed by atoms with Gasteiger partial charge in [0.25, 0.3) is 0 Å². The van der Waals surface area contributed by atoms with Crippen molar-refractivity contribution in [1.82, 2.24) is 9.88 Å². The molecule has 1 aromatic heterocycles. The van der Waals surface area contributed by atoms with Crippen molar-refractivity contribution in [1.29, 1.82) is 0 Å². The van der Waals surface area contributed by atoms with E-state index < -0.39 is 0 Å². The number of piperidine rings is 1. The molecule has 0 bridgehead atoms. The van der Waals surface area contributed by atoms with Crippen molar-refractivity contribution in [3.05, 3.63) is 30.1 Å². The predicted molar refractivity (Wildman–Crippen MR) is 75.7 cm³/mol. The first kappa shape index (κ1) is 14.0. The van der Waals surface area contributed by atoms with Crippen molar-refractivity contribution in [3.63, 3.8) is 0 Å². The minimum Gasteiger partial charge on any atom is -0.338 e. The summed E-state index contributed by atoms with van der Waals surface area (Å²) in [6, 6.07) is 4.05. The number of carbonyl (C=O) groups is 1. The summed E-state index contributed by atoms with van der Waals surface area (Å²) in [4.78, 5) is 18.7. The molecule has 4 heteroatoms. The lowest BCUT2D eigenvalue weighted by molar-refractivity contribution is -0.136. The third kappa shape index (κ3) is 3.13. The molecule has 0 saturated carbocycles. The minimum atomic E-state index is -0.145. The highest BCUT2D eigenvalue weighted by Crippen LogP contribution is 2.24. The molecule has 2 N–H and O–H groups in total. The zero-order chi connectivity index (χ0) is 13.8. The highest BCUT2D eigenvalue weighted by Gasteiger charge is 2.32. The molecule has 1 aromatic rings. The van der Waals surface area contributed by atoms with Crippen LogP contribution in [-0.4, -0.2) is 34.4 Å². The van der Waals surface area contributed by atoms with Crippen LogP contribution in [0.25, 0.3) is 0 Å². The molecule has 1 saturated heterocycles. The maximum atomic E-state index is 12.7. The van der Waals surface area contributed by atoms with E-state index in [0.717, 1.165) is 31.4 Å². The first-order valence-corrected chi connectivity index (χ1v) is 7.07. The molecule has 0 unspecified atom stereocenters. The van der Waals surface area contributed by atoms with Gasteiger partial charge in [0.05, 0.1) is 5.92 Å². The van der Waals surface area contributed by atoms with E-state index in [2.05, 4.69) is 4.98 Å². The van der Waals surface area contributed by atoms with E-state index in [0.29, 0.717) is 0 Å². The van der Waals surface area contributed by atoms with E-state index >= 15 is 0 Å². The van der Waals surface area contributed by atoms with Gasteiger partial charge in [0, 0.05) is 31.0 Å². The topological polar surface area (TPSA) is 59.2 Å². The number of rotatable bonds is 3. The molecule has 0 aliphatic carbocycles. The molecular weight excluding hydrogens is 238 g/mol. The molecule has 1 fully saturated rings. The monoisotopic (exact) mass is 261 g/mol. The third-order valence-corrected chi connectivity index (χ3v) is 3.99. The number of nitrogens with two attached hydrogens (primary N) is 1. The van der Waals surface area contributed by atoms with Crippen molar-refractivity contribution in [3.8, 4) is 0 Å². The summed E-state index contributed by atoms with van der Waals surface area (Å²) in [6.45, 7) is 4.77. The van der Waals surface area contributed by atoms with Gasteiger partial charge in [0.15, 0.2) is 0 Å². The van der Waals surface area contributed by atoms with Crippen LogP contribution in [-0.2, 0) is 4.79 Å². The van der Waals surface area contributed by atoms with Gasteiger partial charge in [-0.25, -0.2) is 0 Å². The van der Waals surface area contributed by atoms with Crippen molar-refractivity contribution >= 4 is 5.91 Å². The Morgan fingerprint density at radius 3 is 2.89 bits per heavy atom. The quantitative estimate of drug-likeness (QED) is 0.904. The highest BCUT2D eigenvalue weighted by molar-refractivity contribution is 5.83. The van der Waals surface area contributed by atoms with Crippen LogP contribution in [0.15, 0.2) is 24.5 Å². The van der Waals surface area contributed by atoms with Gasteiger partial charge in [-0.3, -0.25) is 9.78 Å². The molecule has 2 heterocycles. The summed E-state index contributed by atoms with van der Waals surface area (Å²) in [5.74, 6) is 0.0306. The highest BCUT2D eigenvalue weighted by atomic mass is 16.2. The molecule has 0 radical (unpaired) electrons. The van der Waals surface area contributed by atoms with Crippen LogP contribution >= 0.6 is 0 Å². The van der Waals surface area contributed by atoms with E-state index in [9.17, 15) is 4.79 Å². The SMILES string of the molecule is C[C@H](C(=O)N1CCCC[C@@H]1[C@H](C)N)c1cccnc1. The summed E-state index contributed by atoms with van der Waals surface area (Å²) in [6.07, 6.45) is 6.76. The number of nitrogens with zero attached hydrogens (tertiary/aromatic N) is 2. The fourth-order valence-electron chi connectivity index (χ4n) is 2.80. The van der Waals surface area contributed by atoms with E-state index in [-0.39, 0.29) is 23.9 Å². The number of carbonyl (C=O) groups excluding carboxylic acids is 1. The number of hydrogen-bond acceptors (Lipinski definition) is 3. The summed E-state index contributed by atoms with van der Waals surface area (Å²) >= 11 is 0. The number of pyridine rings is 1. The fourth-order valence-corrected chi connectivity index (χ4v) is 2.80. The van der Waals surface area contributed by atoms with E-state index in [1.807, 2.05) is 30.9 Å². The van der Waals surface area contributed by atoms with Crippen LogP contribution < -0.4 is 5.73 Å². The van der Waals surface area contributed by atoms with Crippen LogP contribution in [0.3, 0.4) is 0 Å². The minimum absolute atomic E-state index is 0.0327. The molecule has 104 valence electrons. The maximum Gasteiger partial charge on any atom is 0.230 e. The van der Waals surface area contributed by atoms with Gasteiger partial charge in [-0.1, -0.05) is 6.07 Å². The van der Waals surface area contributed by atoms with Crippen molar-refractivity contribution in [2.45, 2.75) is 51.1 Å². The van der Waals surface area contributed by atoms with Crippen LogP contribution in [0.5, 0.6) is 0 Å². The molecule has 0 spiro atoms. The average molecular weight is 261 g/mol. The Bertz CT molecular complexity index is 419. The van der Waals surface area contributed by atoms with Crippen LogP contribution in [0.1, 0.15) is 44.6 Å². The summed E-state index contributed by atoms with van der Waals surface area (Å²) < 4.78 is 0. The predicted octanol–water partition coefficient (Wildman–Crippen LogP) is 1.91. The van der Waals surface area contributed by atoms with Gasteiger partial charge in [-0.05, 0) is 44.7 Å². The number of likely N-dealkylation sites (tertiary alicyclic amines) is 1. The zero-order valence-electron chi connectivity index (χ0n) is 11.7. The Hall–Kier alpha value is -1.42. The first-order chi connectivity index (χ1) is 9.11. The fraction of sp³-hybridized carbons (Fsp3) is 0.600. The summed E-state index contributed by atoms with van der Waals surface area (Å²) in [5, 5.41) is 0. The number of hydrogen-bond donors (Lipinski definition) is 1. The van der Waals surface area contributed by atoms with Crippen molar-refractivity contribution in [2.75, 3.05) is 6.54 Å². The van der Waals surface area contributed by atoms with E-state index in [4.69, 9.17) is 5.73 Å². The Kier molecular flexibility index (Phi) is 4.53. The van der Waals surface area contributed by atoms with E-state index in [1.165, 1.54) is 0 Å². The van der Waals surface area contributed by atoms with Gasteiger partial charge in [0.1, 0.15) is 0 Å². The number of amides is 1. The molecular formula is C15H23N3O. The molecule has 2 rings (SSSR count). The Labute approximate surface area is 115 Å². The first-order valence-electron chi connectivity index (χ1n) is 7.07. The molecule has 4 nitrogen and oxygen atoms in total. The third-order valence-electron chi connectivity index (χ3n) is 3.99. The van der Waals surface area contributed by atoms with Crippen LogP contribution in [0.4, 0.5) is 0 Å². The molecule has 1 aliphatic heterocycles. The smallest absolute Gasteiger partial charge is 0.230 e. The standard InChI is InChI=1S/C15H23N3O/c1-11(13-6-5-8-17-10-13)15(19)18-9-4-3-7-14(18)12(2)16/h5-6,8,10-12,14H,3-4,7,9,16H2,1-2H3/t11-,12-,14+/m0/s1. The second-order valence-corrected chi connectivity index (χ2v) is 5.46. The lowest BCUT2D eigenvalue weighted by atomic mass is 9.93. The van der Waals surface area contributed by atoms with Gasteiger partial charge in [-0.2, -0.15) is 0 Å². The Morgan fingerprint density at radius 2 is 2.26 bits per heavy atom. The maximum absolute atomic E-state index is 12.7. The second kappa shape index (κ2) is 6.15. The molecule has 1 amide bonds. The molecule has 3 atom stereocenters. The van der Waals surface area contributed by atoms with Crippen LogP contribution in [0, 0.1) is 0 Å². The molecule has 1 aliphatic rings. The lowest BCUT2D eigenvalue weighted by Crippen LogP contribution is -2.52. The normalized spacial score (nSPS) is 22.9. The lowest BCUT2D eigenvalue weighted by Gasteiger charge is -2.39. The van der Waals surface area contributed by atoms with Crippen LogP contribution in [0.2, 0.25) is 0 Å². The largest absolute Gasteiger partial charge is 0.338 e. The van der Waals surface area contributed by atoms with Gasteiger partial charge in [-0.15, -0.1) is 0 Å². The second-order valence-electron chi connectivity index (χ2n) is 5.46. The van der Waals surface area contributed by atoms with E-state index in [1.54, 1.807) is 12.4 Å². The van der Waals surface area contributed by atoms with Gasteiger partial charge < -0.3 is 10.6 Å². The van der Waals surface area contributed by atoms with Crippen molar-refractivity contribution in [2.24, 2.45) is 5.73 Å². The Morgan fingerprint density at radius 1 is 1.47 bits per heavy atom. The summed E-state index contributed by atoms with van der Waals surface area (Å²) in [5.41, 5.74) is 7.00. The Balaban J connectivity index is 2.13. The zero-order valence-corrected chi connectivity index (χ0v) is 11.7. The van der Waals surface area contributed by atoms with Gasteiger partial charge >= 0.3 is 0 Å². The number of aromatic nitrogens is 1. The van der Waals surface area contributed by atoms with Gasteiger partial charge in [0.2, 0.25) is 5.91 Å². The van der Waals surface area contributed by atoms with Crippen molar-refractivity contribution < 1.29 is 4.79 Å².